The highest BCUT2D eigenvalue weighted by Crippen LogP contribution is 2.27. The Bertz CT molecular complexity index is 437. The minimum absolute atomic E-state index is 0.201. The third kappa shape index (κ3) is 4.11. The summed E-state index contributed by atoms with van der Waals surface area (Å²) < 4.78 is 29.8. The third-order valence-corrected chi connectivity index (χ3v) is 4.23. The molecule has 0 aromatic carbocycles. The van der Waals surface area contributed by atoms with Crippen LogP contribution in [0.1, 0.15) is 30.2 Å². The number of hydrogen-bond donors (Lipinski definition) is 2. The zero-order valence-electron chi connectivity index (χ0n) is 9.27. The molecule has 92 valence electrons. The predicted octanol–water partition coefficient (Wildman–Crippen LogP) is 2.10. The van der Waals surface area contributed by atoms with Gasteiger partial charge in [-0.3, -0.25) is 4.55 Å². The largest absolute Gasteiger partial charge is 0.398 e. The number of rotatable bonds is 6. The molecular weight excluding hydrogens is 246 g/mol. The van der Waals surface area contributed by atoms with Crippen molar-refractivity contribution in [3.8, 4) is 0 Å². The molecule has 0 unspecified atom stereocenters. The van der Waals surface area contributed by atoms with Crippen LogP contribution in [0.15, 0.2) is 5.38 Å². The number of thiophene rings is 1. The summed E-state index contributed by atoms with van der Waals surface area (Å²) in [6, 6.07) is 0. The van der Waals surface area contributed by atoms with Crippen LogP contribution < -0.4 is 5.73 Å². The van der Waals surface area contributed by atoms with Crippen molar-refractivity contribution in [2.24, 2.45) is 0 Å². The summed E-state index contributed by atoms with van der Waals surface area (Å²) in [5.74, 6) is -0.201. The van der Waals surface area contributed by atoms with Crippen LogP contribution in [0.4, 0.5) is 5.69 Å². The summed E-state index contributed by atoms with van der Waals surface area (Å²) in [6.07, 6.45) is 3.05. The van der Waals surface area contributed by atoms with E-state index in [4.69, 9.17) is 10.3 Å². The van der Waals surface area contributed by atoms with Crippen LogP contribution in [0.5, 0.6) is 0 Å². The van der Waals surface area contributed by atoms with Crippen molar-refractivity contribution in [2.45, 2.75) is 32.6 Å². The first-order valence-electron chi connectivity index (χ1n) is 5.24. The second-order valence-electron chi connectivity index (χ2n) is 3.73. The van der Waals surface area contributed by atoms with E-state index in [0.717, 1.165) is 24.1 Å². The highest BCUT2D eigenvalue weighted by molar-refractivity contribution is 7.85. The van der Waals surface area contributed by atoms with Crippen LogP contribution in [0, 0.1) is 0 Å². The number of nitrogen functional groups attached to an aromatic ring is 1. The van der Waals surface area contributed by atoms with Gasteiger partial charge in [-0.1, -0.05) is 13.3 Å². The van der Waals surface area contributed by atoms with Crippen LogP contribution in [-0.2, 0) is 23.0 Å². The fourth-order valence-corrected chi connectivity index (χ4v) is 3.19. The van der Waals surface area contributed by atoms with Gasteiger partial charge in [0.1, 0.15) is 0 Å². The fourth-order valence-electron chi connectivity index (χ4n) is 1.59. The van der Waals surface area contributed by atoms with E-state index in [1.807, 2.05) is 5.38 Å². The van der Waals surface area contributed by atoms with Crippen molar-refractivity contribution in [1.29, 1.82) is 0 Å². The minimum Gasteiger partial charge on any atom is -0.398 e. The van der Waals surface area contributed by atoms with E-state index in [1.165, 1.54) is 4.88 Å². The second-order valence-corrected chi connectivity index (χ2v) is 6.27. The first-order chi connectivity index (χ1) is 7.44. The molecule has 0 fully saturated rings. The van der Waals surface area contributed by atoms with E-state index in [9.17, 15) is 8.42 Å². The maximum atomic E-state index is 10.6. The van der Waals surface area contributed by atoms with E-state index in [0.29, 0.717) is 12.8 Å². The van der Waals surface area contributed by atoms with Crippen LogP contribution in [0.25, 0.3) is 0 Å². The first-order valence-corrected chi connectivity index (χ1v) is 7.72. The van der Waals surface area contributed by atoms with Crippen molar-refractivity contribution >= 4 is 27.1 Å². The lowest BCUT2D eigenvalue weighted by Gasteiger charge is -2.03. The Labute approximate surface area is 100 Å². The summed E-state index contributed by atoms with van der Waals surface area (Å²) >= 11 is 1.62. The maximum Gasteiger partial charge on any atom is 0.264 e. The lowest BCUT2D eigenvalue weighted by molar-refractivity contribution is 0.481. The predicted molar refractivity (Wildman–Crippen MR) is 67.5 cm³/mol. The Morgan fingerprint density at radius 2 is 2.12 bits per heavy atom. The fraction of sp³-hybridized carbons (Fsp3) is 0.600. The Kier molecular flexibility index (Phi) is 4.76. The molecule has 3 N–H and O–H groups in total. The standard InChI is InChI=1S/C10H17NO3S2/c1-2-4-10-8(9(11)7-15-10)5-3-6-16(12,13)14/h7H,2-6,11H2,1H3,(H,12,13,14). The Hall–Kier alpha value is -0.590. The lowest BCUT2D eigenvalue weighted by atomic mass is 10.1. The van der Waals surface area contributed by atoms with E-state index in [-0.39, 0.29) is 5.75 Å². The van der Waals surface area contributed by atoms with Crippen molar-refractivity contribution in [2.75, 3.05) is 11.5 Å². The molecule has 0 radical (unpaired) electrons. The maximum absolute atomic E-state index is 10.6. The van der Waals surface area contributed by atoms with Gasteiger partial charge in [0.2, 0.25) is 0 Å². The zero-order chi connectivity index (χ0) is 12.2. The molecule has 1 rings (SSSR count). The van der Waals surface area contributed by atoms with Gasteiger partial charge in [-0.05, 0) is 24.8 Å². The number of aryl methyl sites for hydroxylation is 1. The molecule has 0 amide bonds. The normalized spacial score (nSPS) is 11.9. The minimum atomic E-state index is -3.85. The molecule has 0 spiro atoms. The molecule has 1 aromatic heterocycles. The molecule has 6 heteroatoms. The third-order valence-electron chi connectivity index (χ3n) is 2.32. The molecule has 0 aliphatic carbocycles. The molecule has 0 saturated carbocycles. The van der Waals surface area contributed by atoms with Crippen molar-refractivity contribution in [3.63, 3.8) is 0 Å². The lowest BCUT2D eigenvalue weighted by Crippen LogP contribution is -2.05. The molecule has 0 bridgehead atoms. The molecule has 16 heavy (non-hydrogen) atoms. The molecule has 0 saturated heterocycles. The van der Waals surface area contributed by atoms with Crippen LogP contribution in [0.2, 0.25) is 0 Å². The average molecular weight is 263 g/mol. The molecule has 0 aliphatic rings. The SMILES string of the molecule is CCCc1scc(N)c1CCCS(=O)(=O)O. The second kappa shape index (κ2) is 5.65. The van der Waals surface area contributed by atoms with Gasteiger partial charge >= 0.3 is 0 Å². The van der Waals surface area contributed by atoms with Gasteiger partial charge in [0.05, 0.1) is 5.75 Å². The summed E-state index contributed by atoms with van der Waals surface area (Å²) in [4.78, 5) is 1.23. The zero-order valence-corrected chi connectivity index (χ0v) is 10.9. The van der Waals surface area contributed by atoms with Crippen LogP contribution in [0.3, 0.4) is 0 Å². The molecule has 0 atom stereocenters. The van der Waals surface area contributed by atoms with Gasteiger partial charge < -0.3 is 5.73 Å². The molecular formula is C10H17NO3S2. The van der Waals surface area contributed by atoms with Crippen LogP contribution in [-0.4, -0.2) is 18.7 Å². The molecule has 4 nitrogen and oxygen atoms in total. The first kappa shape index (κ1) is 13.5. The number of anilines is 1. The highest BCUT2D eigenvalue weighted by Gasteiger charge is 2.10. The van der Waals surface area contributed by atoms with Gasteiger partial charge in [-0.25, -0.2) is 0 Å². The summed E-state index contributed by atoms with van der Waals surface area (Å²) in [6.45, 7) is 2.10. The highest BCUT2D eigenvalue weighted by atomic mass is 32.2. The smallest absolute Gasteiger partial charge is 0.264 e. The monoisotopic (exact) mass is 263 g/mol. The summed E-state index contributed by atoms with van der Waals surface area (Å²) in [5.41, 5.74) is 7.61. The summed E-state index contributed by atoms with van der Waals surface area (Å²) in [5, 5.41) is 1.90. The molecule has 1 aromatic rings. The Balaban J connectivity index is 2.62. The van der Waals surface area contributed by atoms with E-state index >= 15 is 0 Å². The van der Waals surface area contributed by atoms with E-state index in [2.05, 4.69) is 6.92 Å². The summed E-state index contributed by atoms with van der Waals surface area (Å²) in [7, 11) is -3.85. The topological polar surface area (TPSA) is 80.4 Å². The van der Waals surface area contributed by atoms with Gasteiger partial charge in [-0.2, -0.15) is 8.42 Å². The van der Waals surface area contributed by atoms with Crippen LogP contribution >= 0.6 is 11.3 Å². The molecule has 0 aliphatic heterocycles. The van der Waals surface area contributed by atoms with Gasteiger partial charge in [0.25, 0.3) is 10.1 Å². The van der Waals surface area contributed by atoms with Gasteiger partial charge in [0, 0.05) is 15.9 Å². The Morgan fingerprint density at radius 3 is 2.69 bits per heavy atom. The van der Waals surface area contributed by atoms with Crippen molar-refractivity contribution in [3.05, 3.63) is 15.8 Å². The number of hydrogen-bond acceptors (Lipinski definition) is 4. The van der Waals surface area contributed by atoms with E-state index in [1.54, 1.807) is 11.3 Å². The Morgan fingerprint density at radius 1 is 1.44 bits per heavy atom. The quantitative estimate of drug-likeness (QED) is 0.770. The van der Waals surface area contributed by atoms with Crippen molar-refractivity contribution < 1.29 is 13.0 Å². The van der Waals surface area contributed by atoms with Gasteiger partial charge in [-0.15, -0.1) is 11.3 Å². The average Bonchev–Trinajstić information content (AvgIpc) is 2.48. The number of nitrogens with two attached hydrogens (primary N) is 1. The van der Waals surface area contributed by atoms with E-state index < -0.39 is 10.1 Å². The van der Waals surface area contributed by atoms with Gasteiger partial charge in [0.15, 0.2) is 0 Å². The molecule has 1 heterocycles. The van der Waals surface area contributed by atoms with Crippen molar-refractivity contribution in [1.82, 2.24) is 0 Å².